The topological polar surface area (TPSA) is 66.4 Å². The van der Waals surface area contributed by atoms with E-state index in [9.17, 15) is 8.42 Å². The SMILES string of the molecule is NC1=[N+](c2cccc(S(=O)(=O)N3CCCC3)c2)Cc2ccccc21. The molecular formula is C18H20N3O2S+. The van der Waals surface area contributed by atoms with E-state index in [0.717, 1.165) is 29.7 Å². The highest BCUT2D eigenvalue weighted by molar-refractivity contribution is 7.89. The predicted molar refractivity (Wildman–Crippen MR) is 92.8 cm³/mol. The number of rotatable bonds is 3. The average molecular weight is 342 g/mol. The normalized spacial score (nSPS) is 18.2. The molecule has 5 nitrogen and oxygen atoms in total. The number of hydrogen-bond donors (Lipinski definition) is 1. The number of sulfonamides is 1. The van der Waals surface area contributed by atoms with E-state index in [1.807, 2.05) is 34.9 Å². The highest BCUT2D eigenvalue weighted by atomic mass is 32.2. The average Bonchev–Trinajstić information content (AvgIpc) is 3.24. The predicted octanol–water partition coefficient (Wildman–Crippen LogP) is 2.03. The molecule has 124 valence electrons. The lowest BCUT2D eigenvalue weighted by molar-refractivity contribution is -0.453. The van der Waals surface area contributed by atoms with Gasteiger partial charge < -0.3 is 0 Å². The molecule has 2 N–H and O–H groups in total. The van der Waals surface area contributed by atoms with Gasteiger partial charge in [0.05, 0.1) is 10.5 Å². The molecule has 0 amide bonds. The zero-order valence-electron chi connectivity index (χ0n) is 13.4. The molecule has 2 aliphatic rings. The number of amidine groups is 1. The van der Waals surface area contributed by atoms with Crippen LogP contribution in [0.25, 0.3) is 0 Å². The lowest BCUT2D eigenvalue weighted by Crippen LogP contribution is -2.28. The molecule has 1 fully saturated rings. The van der Waals surface area contributed by atoms with E-state index < -0.39 is 10.0 Å². The monoisotopic (exact) mass is 342 g/mol. The fourth-order valence-corrected chi connectivity index (χ4v) is 4.99. The van der Waals surface area contributed by atoms with Crippen molar-refractivity contribution in [2.45, 2.75) is 24.3 Å². The first-order chi connectivity index (χ1) is 11.6. The van der Waals surface area contributed by atoms with E-state index in [1.54, 1.807) is 22.5 Å². The Morgan fingerprint density at radius 1 is 1.00 bits per heavy atom. The lowest BCUT2D eigenvalue weighted by atomic mass is 10.1. The summed E-state index contributed by atoms with van der Waals surface area (Å²) in [6.45, 7) is 1.88. The molecule has 2 aromatic rings. The largest absolute Gasteiger partial charge is 0.286 e. The Balaban J connectivity index is 1.73. The van der Waals surface area contributed by atoms with Crippen LogP contribution in [0, 0.1) is 0 Å². The molecule has 0 saturated carbocycles. The van der Waals surface area contributed by atoms with Crippen molar-refractivity contribution < 1.29 is 13.0 Å². The van der Waals surface area contributed by atoms with Crippen molar-refractivity contribution in [3.63, 3.8) is 0 Å². The van der Waals surface area contributed by atoms with Crippen LogP contribution in [0.5, 0.6) is 0 Å². The van der Waals surface area contributed by atoms with E-state index in [2.05, 4.69) is 0 Å². The summed E-state index contributed by atoms with van der Waals surface area (Å²) in [5, 5.41) is 0. The van der Waals surface area contributed by atoms with E-state index >= 15 is 0 Å². The molecule has 2 aromatic carbocycles. The third-order valence-corrected chi connectivity index (χ3v) is 6.64. The summed E-state index contributed by atoms with van der Waals surface area (Å²) in [5.74, 6) is 0.668. The maximum Gasteiger partial charge on any atom is 0.280 e. The Labute approximate surface area is 142 Å². The van der Waals surface area contributed by atoms with Crippen LogP contribution in [-0.2, 0) is 16.6 Å². The molecule has 0 spiro atoms. The quantitative estimate of drug-likeness (QED) is 0.868. The third kappa shape index (κ3) is 2.42. The first-order valence-corrected chi connectivity index (χ1v) is 9.60. The van der Waals surface area contributed by atoms with Gasteiger partial charge in [-0.2, -0.15) is 4.31 Å². The molecule has 2 aliphatic heterocycles. The number of nitrogens with zero attached hydrogens (tertiary/aromatic N) is 2. The standard InChI is InChI=1S/C18H19N3O2S/c19-18-17-9-2-1-6-14(17)13-21(18)15-7-5-8-16(12-15)24(22,23)20-10-3-4-11-20/h1-2,5-9,12,19H,3-4,10-11,13H2/p+1. The summed E-state index contributed by atoms with van der Waals surface area (Å²) in [5.41, 5.74) is 9.27. The minimum atomic E-state index is -3.42. The second-order valence-electron chi connectivity index (χ2n) is 6.24. The molecule has 0 aliphatic carbocycles. The van der Waals surface area contributed by atoms with Gasteiger partial charge in [0, 0.05) is 24.7 Å². The molecule has 0 aromatic heterocycles. The summed E-state index contributed by atoms with van der Waals surface area (Å²) in [6, 6.07) is 15.1. The minimum absolute atomic E-state index is 0.339. The van der Waals surface area contributed by atoms with Crippen LogP contribution in [0.4, 0.5) is 5.69 Å². The molecule has 0 bridgehead atoms. The number of hydrogen-bond acceptors (Lipinski definition) is 3. The van der Waals surface area contributed by atoms with Gasteiger partial charge >= 0.3 is 0 Å². The van der Waals surface area contributed by atoms with Crippen molar-refractivity contribution in [3.8, 4) is 0 Å². The van der Waals surface area contributed by atoms with Crippen molar-refractivity contribution >= 4 is 21.5 Å². The number of fused-ring (bicyclic) bond motifs is 1. The molecule has 24 heavy (non-hydrogen) atoms. The maximum absolute atomic E-state index is 12.8. The Kier molecular flexibility index (Phi) is 3.66. The number of nitrogens with two attached hydrogens (primary N) is 1. The van der Waals surface area contributed by atoms with E-state index in [1.165, 1.54) is 0 Å². The number of benzene rings is 2. The van der Waals surface area contributed by atoms with E-state index in [0.29, 0.717) is 30.4 Å². The van der Waals surface area contributed by atoms with Crippen molar-refractivity contribution in [2.24, 2.45) is 5.73 Å². The Bertz CT molecular complexity index is 929. The van der Waals surface area contributed by atoms with E-state index in [4.69, 9.17) is 5.73 Å². The second-order valence-corrected chi connectivity index (χ2v) is 8.18. The Hall–Kier alpha value is -2.18. The molecule has 0 radical (unpaired) electrons. The Morgan fingerprint density at radius 3 is 2.50 bits per heavy atom. The zero-order valence-corrected chi connectivity index (χ0v) is 14.2. The first-order valence-electron chi connectivity index (χ1n) is 8.16. The van der Waals surface area contributed by atoms with Crippen LogP contribution >= 0.6 is 0 Å². The smallest absolute Gasteiger partial charge is 0.280 e. The van der Waals surface area contributed by atoms with Crippen molar-refractivity contribution in [1.29, 1.82) is 0 Å². The van der Waals surface area contributed by atoms with Crippen molar-refractivity contribution in [3.05, 3.63) is 59.7 Å². The summed E-state index contributed by atoms with van der Waals surface area (Å²) in [7, 11) is -3.42. The molecular weight excluding hydrogens is 322 g/mol. The van der Waals surface area contributed by atoms with Gasteiger partial charge in [0.15, 0.2) is 0 Å². The summed E-state index contributed by atoms with van der Waals surface area (Å²) >= 11 is 0. The van der Waals surface area contributed by atoms with Crippen molar-refractivity contribution in [1.82, 2.24) is 4.31 Å². The van der Waals surface area contributed by atoms with Crippen LogP contribution in [0.2, 0.25) is 0 Å². The van der Waals surface area contributed by atoms with Crippen molar-refractivity contribution in [2.75, 3.05) is 13.1 Å². The molecule has 1 saturated heterocycles. The zero-order chi connectivity index (χ0) is 16.7. The summed E-state index contributed by atoms with van der Waals surface area (Å²) in [4.78, 5) is 0.339. The third-order valence-electron chi connectivity index (χ3n) is 4.74. The fraction of sp³-hybridized carbons (Fsp3) is 0.278. The Morgan fingerprint density at radius 2 is 1.75 bits per heavy atom. The van der Waals surface area contributed by atoms with Gasteiger partial charge in [0.2, 0.25) is 10.0 Å². The fourth-order valence-electron chi connectivity index (χ4n) is 3.43. The second kappa shape index (κ2) is 5.72. The van der Waals surface area contributed by atoms with Gasteiger partial charge in [-0.1, -0.05) is 24.3 Å². The van der Waals surface area contributed by atoms with Crippen LogP contribution in [0.15, 0.2) is 53.4 Å². The summed E-state index contributed by atoms with van der Waals surface area (Å²) < 4.78 is 29.1. The van der Waals surface area contributed by atoms with Gasteiger partial charge in [-0.15, -0.1) is 0 Å². The van der Waals surface area contributed by atoms with Gasteiger partial charge in [0.1, 0.15) is 12.2 Å². The van der Waals surface area contributed by atoms with Crippen LogP contribution < -0.4 is 5.73 Å². The lowest BCUT2D eigenvalue weighted by Gasteiger charge is -2.15. The summed E-state index contributed by atoms with van der Waals surface area (Å²) in [6.07, 6.45) is 1.86. The van der Waals surface area contributed by atoms with Crippen LogP contribution in [0.1, 0.15) is 24.0 Å². The van der Waals surface area contributed by atoms with Gasteiger partial charge in [0.25, 0.3) is 5.84 Å². The highest BCUT2D eigenvalue weighted by Gasteiger charge is 2.29. The van der Waals surface area contributed by atoms with Gasteiger partial charge in [-0.25, -0.2) is 13.0 Å². The first kappa shape index (κ1) is 15.4. The van der Waals surface area contributed by atoms with Gasteiger partial charge in [-0.3, -0.25) is 5.73 Å². The molecule has 2 heterocycles. The van der Waals surface area contributed by atoms with Crippen LogP contribution in [0.3, 0.4) is 0 Å². The van der Waals surface area contributed by atoms with E-state index in [-0.39, 0.29) is 0 Å². The molecule has 4 rings (SSSR count). The molecule has 0 unspecified atom stereocenters. The van der Waals surface area contributed by atoms with Gasteiger partial charge in [-0.05, 0) is 31.0 Å². The minimum Gasteiger partial charge on any atom is -0.286 e. The molecule has 6 heteroatoms. The van der Waals surface area contributed by atoms with Crippen LogP contribution in [-0.4, -0.2) is 36.2 Å². The maximum atomic E-state index is 12.8. The molecule has 0 atom stereocenters. The highest BCUT2D eigenvalue weighted by Crippen LogP contribution is 2.27.